The van der Waals surface area contributed by atoms with E-state index in [9.17, 15) is 0 Å². The first-order valence-corrected chi connectivity index (χ1v) is 2.89. The van der Waals surface area contributed by atoms with Crippen molar-refractivity contribution in [1.29, 1.82) is 0 Å². The standard InChI is InChI=1S/C8H10O/c1-5-4-6(2)8(9)7(5)3/h9H,1-2,4H2,3H3. The van der Waals surface area contributed by atoms with E-state index >= 15 is 0 Å². The summed E-state index contributed by atoms with van der Waals surface area (Å²) < 4.78 is 0. The Hall–Kier alpha value is -0.980. The van der Waals surface area contributed by atoms with Gasteiger partial charge in [-0.05, 0) is 23.6 Å². The molecule has 0 saturated heterocycles. The molecule has 1 rings (SSSR count). The Kier molecular flexibility index (Phi) is 1.20. The molecule has 0 aliphatic heterocycles. The van der Waals surface area contributed by atoms with E-state index in [1.165, 1.54) is 0 Å². The number of hydrogen-bond donors (Lipinski definition) is 1. The molecule has 1 aliphatic carbocycles. The van der Waals surface area contributed by atoms with Crippen LogP contribution >= 0.6 is 0 Å². The van der Waals surface area contributed by atoms with E-state index < -0.39 is 0 Å². The molecule has 0 aromatic heterocycles. The molecular formula is C8H10O. The van der Waals surface area contributed by atoms with Gasteiger partial charge in [0.2, 0.25) is 0 Å². The Bertz CT molecular complexity index is 187. The zero-order valence-corrected chi connectivity index (χ0v) is 5.57. The molecule has 0 saturated carbocycles. The number of hydrogen-bond acceptors (Lipinski definition) is 1. The lowest BCUT2D eigenvalue weighted by Gasteiger charge is -1.90. The smallest absolute Gasteiger partial charge is 0.121 e. The summed E-state index contributed by atoms with van der Waals surface area (Å²) in [6, 6.07) is 0. The fourth-order valence-electron chi connectivity index (χ4n) is 0.906. The van der Waals surface area contributed by atoms with E-state index in [1.54, 1.807) is 0 Å². The van der Waals surface area contributed by atoms with Crippen LogP contribution in [-0.2, 0) is 0 Å². The lowest BCUT2D eigenvalue weighted by Crippen LogP contribution is -1.77. The predicted molar refractivity (Wildman–Crippen MR) is 38.2 cm³/mol. The summed E-state index contributed by atoms with van der Waals surface area (Å²) in [5, 5.41) is 9.16. The average molecular weight is 122 g/mol. The minimum Gasteiger partial charge on any atom is -0.507 e. The van der Waals surface area contributed by atoms with Crippen LogP contribution in [0.4, 0.5) is 0 Å². The first-order valence-electron chi connectivity index (χ1n) is 2.89. The summed E-state index contributed by atoms with van der Waals surface area (Å²) in [4.78, 5) is 0. The van der Waals surface area contributed by atoms with Gasteiger partial charge < -0.3 is 5.11 Å². The first-order chi connectivity index (χ1) is 4.13. The van der Waals surface area contributed by atoms with Crippen molar-refractivity contribution >= 4 is 0 Å². The second kappa shape index (κ2) is 1.76. The molecule has 0 aromatic carbocycles. The maximum atomic E-state index is 9.16. The molecular weight excluding hydrogens is 112 g/mol. The summed E-state index contributed by atoms with van der Waals surface area (Å²) >= 11 is 0. The van der Waals surface area contributed by atoms with E-state index in [0.29, 0.717) is 5.76 Å². The van der Waals surface area contributed by atoms with Gasteiger partial charge in [0.25, 0.3) is 0 Å². The van der Waals surface area contributed by atoms with Crippen molar-refractivity contribution in [3.63, 3.8) is 0 Å². The highest BCUT2D eigenvalue weighted by Gasteiger charge is 2.16. The molecule has 1 heteroatoms. The maximum Gasteiger partial charge on any atom is 0.121 e. The van der Waals surface area contributed by atoms with Crippen LogP contribution in [0.1, 0.15) is 13.3 Å². The van der Waals surface area contributed by atoms with Gasteiger partial charge in [0.15, 0.2) is 0 Å². The van der Waals surface area contributed by atoms with Crippen molar-refractivity contribution in [2.24, 2.45) is 0 Å². The predicted octanol–water partition coefficient (Wildman–Crippen LogP) is 2.33. The summed E-state index contributed by atoms with van der Waals surface area (Å²) in [6.07, 6.45) is 0.734. The third-order valence-corrected chi connectivity index (χ3v) is 1.65. The topological polar surface area (TPSA) is 20.2 Å². The normalized spacial score (nSPS) is 19.7. The van der Waals surface area contributed by atoms with E-state index in [-0.39, 0.29) is 0 Å². The Morgan fingerprint density at radius 2 is 1.89 bits per heavy atom. The van der Waals surface area contributed by atoms with Crippen molar-refractivity contribution < 1.29 is 5.11 Å². The molecule has 0 bridgehead atoms. The van der Waals surface area contributed by atoms with Gasteiger partial charge in [-0.25, -0.2) is 0 Å². The molecule has 1 nitrogen and oxygen atoms in total. The van der Waals surface area contributed by atoms with Crippen LogP contribution in [0.2, 0.25) is 0 Å². The van der Waals surface area contributed by atoms with Crippen molar-refractivity contribution in [2.75, 3.05) is 0 Å². The van der Waals surface area contributed by atoms with Gasteiger partial charge in [-0.2, -0.15) is 0 Å². The van der Waals surface area contributed by atoms with Crippen molar-refractivity contribution in [2.45, 2.75) is 13.3 Å². The van der Waals surface area contributed by atoms with Crippen LogP contribution in [0.15, 0.2) is 35.6 Å². The van der Waals surface area contributed by atoms with Crippen LogP contribution in [0.5, 0.6) is 0 Å². The minimum absolute atomic E-state index is 0.333. The van der Waals surface area contributed by atoms with Gasteiger partial charge in [-0.15, -0.1) is 0 Å². The Morgan fingerprint density at radius 1 is 1.33 bits per heavy atom. The van der Waals surface area contributed by atoms with Crippen LogP contribution in [0, 0.1) is 0 Å². The molecule has 0 spiro atoms. The second-order valence-corrected chi connectivity index (χ2v) is 2.36. The fraction of sp³-hybridized carbons (Fsp3) is 0.250. The van der Waals surface area contributed by atoms with Crippen LogP contribution < -0.4 is 0 Å². The number of rotatable bonds is 0. The van der Waals surface area contributed by atoms with Gasteiger partial charge in [0.1, 0.15) is 5.76 Å². The van der Waals surface area contributed by atoms with Gasteiger partial charge in [-0.1, -0.05) is 13.2 Å². The van der Waals surface area contributed by atoms with Gasteiger partial charge in [0.05, 0.1) is 0 Å². The monoisotopic (exact) mass is 122 g/mol. The van der Waals surface area contributed by atoms with Crippen LogP contribution in [-0.4, -0.2) is 5.11 Å². The third kappa shape index (κ3) is 0.784. The second-order valence-electron chi connectivity index (χ2n) is 2.36. The van der Waals surface area contributed by atoms with E-state index in [1.807, 2.05) is 6.92 Å². The van der Waals surface area contributed by atoms with Gasteiger partial charge in [0, 0.05) is 6.42 Å². The molecule has 0 fully saturated rings. The van der Waals surface area contributed by atoms with E-state index in [4.69, 9.17) is 5.11 Å². The van der Waals surface area contributed by atoms with E-state index in [2.05, 4.69) is 13.2 Å². The Balaban J connectivity index is 3.06. The number of allylic oxidation sites excluding steroid dienone is 3. The largest absolute Gasteiger partial charge is 0.507 e. The molecule has 48 valence electrons. The summed E-state index contributed by atoms with van der Waals surface area (Å²) in [7, 11) is 0. The molecule has 0 unspecified atom stereocenters. The minimum atomic E-state index is 0.333. The van der Waals surface area contributed by atoms with Crippen LogP contribution in [0.3, 0.4) is 0 Å². The lowest BCUT2D eigenvalue weighted by atomic mass is 10.2. The molecule has 1 N–H and O–H groups in total. The fourth-order valence-corrected chi connectivity index (χ4v) is 0.906. The zero-order valence-electron chi connectivity index (χ0n) is 5.57. The number of aliphatic hydroxyl groups is 1. The Morgan fingerprint density at radius 3 is 2.00 bits per heavy atom. The third-order valence-electron chi connectivity index (χ3n) is 1.65. The maximum absolute atomic E-state index is 9.16. The molecule has 0 amide bonds. The highest BCUT2D eigenvalue weighted by Crippen LogP contribution is 2.31. The summed E-state index contributed by atoms with van der Waals surface area (Å²) in [5.41, 5.74) is 2.66. The van der Waals surface area contributed by atoms with Crippen LogP contribution in [0.25, 0.3) is 0 Å². The number of aliphatic hydroxyl groups excluding tert-OH is 1. The molecule has 0 aromatic rings. The van der Waals surface area contributed by atoms with Crippen molar-refractivity contribution in [1.82, 2.24) is 0 Å². The highest BCUT2D eigenvalue weighted by molar-refractivity contribution is 5.47. The summed E-state index contributed by atoms with van der Waals surface area (Å²) in [5.74, 6) is 0.333. The molecule has 0 heterocycles. The molecule has 0 radical (unpaired) electrons. The molecule has 1 aliphatic rings. The molecule has 0 atom stereocenters. The quantitative estimate of drug-likeness (QED) is 0.522. The summed E-state index contributed by atoms with van der Waals surface area (Å²) in [6.45, 7) is 9.28. The van der Waals surface area contributed by atoms with Gasteiger partial charge >= 0.3 is 0 Å². The average Bonchev–Trinajstić information content (AvgIpc) is 1.98. The first kappa shape index (κ1) is 6.14. The van der Waals surface area contributed by atoms with Crippen molar-refractivity contribution in [3.05, 3.63) is 35.6 Å². The highest BCUT2D eigenvalue weighted by atomic mass is 16.3. The molecule has 9 heavy (non-hydrogen) atoms. The lowest BCUT2D eigenvalue weighted by molar-refractivity contribution is 0.422. The Labute approximate surface area is 55.0 Å². The van der Waals surface area contributed by atoms with E-state index in [0.717, 1.165) is 23.1 Å². The SMILES string of the molecule is C=C1CC(=C)C(O)=C1C. The van der Waals surface area contributed by atoms with Gasteiger partial charge in [-0.3, -0.25) is 0 Å². The van der Waals surface area contributed by atoms with Crippen molar-refractivity contribution in [3.8, 4) is 0 Å². The zero-order chi connectivity index (χ0) is 7.02.